The molecule has 2 N–H and O–H groups in total. The van der Waals surface area contributed by atoms with Crippen molar-refractivity contribution in [3.8, 4) is 0 Å². The highest BCUT2D eigenvalue weighted by Crippen LogP contribution is 2.24. The molecule has 148 valence electrons. The standard InChI is InChI=1S/C21H30N2O3S/c24-20(22-13-16-7-2-1-3-8-16)15-27-19-11-5-4-10-18(19)21(25)23-14-17-9-6-12-26-17/h4-5,10-11,16-17H,1-3,6-9,12-15H2,(H,22,24)(H,23,25)/t17-/m1/s1. The molecule has 5 nitrogen and oxygen atoms in total. The number of amides is 2. The third-order valence-corrected chi connectivity index (χ3v) is 6.39. The normalized spacial score (nSPS) is 20.4. The summed E-state index contributed by atoms with van der Waals surface area (Å²) >= 11 is 1.42. The zero-order valence-corrected chi connectivity index (χ0v) is 16.7. The molecule has 0 aromatic heterocycles. The van der Waals surface area contributed by atoms with Crippen molar-refractivity contribution in [1.82, 2.24) is 10.6 Å². The maximum Gasteiger partial charge on any atom is 0.252 e. The first-order chi connectivity index (χ1) is 13.2. The molecule has 1 aliphatic heterocycles. The molecular weight excluding hydrogens is 360 g/mol. The minimum Gasteiger partial charge on any atom is -0.376 e. The summed E-state index contributed by atoms with van der Waals surface area (Å²) in [5, 5.41) is 6.02. The summed E-state index contributed by atoms with van der Waals surface area (Å²) in [7, 11) is 0. The van der Waals surface area contributed by atoms with Crippen LogP contribution in [0.25, 0.3) is 0 Å². The Morgan fingerprint density at radius 1 is 1.00 bits per heavy atom. The number of benzene rings is 1. The van der Waals surface area contributed by atoms with Crippen molar-refractivity contribution in [2.45, 2.75) is 55.9 Å². The van der Waals surface area contributed by atoms with Gasteiger partial charge in [0.25, 0.3) is 5.91 Å². The predicted octanol–water partition coefficient (Wildman–Crippen LogP) is 3.38. The molecule has 27 heavy (non-hydrogen) atoms. The Bertz CT molecular complexity index is 626. The van der Waals surface area contributed by atoms with Crippen LogP contribution in [0.3, 0.4) is 0 Å². The lowest BCUT2D eigenvalue weighted by molar-refractivity contribution is -0.118. The average molecular weight is 391 g/mol. The summed E-state index contributed by atoms with van der Waals surface area (Å²) in [6, 6.07) is 7.47. The molecule has 1 aromatic carbocycles. The first-order valence-electron chi connectivity index (χ1n) is 10.1. The second-order valence-electron chi connectivity index (χ2n) is 7.44. The topological polar surface area (TPSA) is 67.4 Å². The van der Waals surface area contributed by atoms with Crippen molar-refractivity contribution in [3.05, 3.63) is 29.8 Å². The van der Waals surface area contributed by atoms with Gasteiger partial charge in [0.2, 0.25) is 5.91 Å². The molecule has 1 aromatic rings. The van der Waals surface area contributed by atoms with Gasteiger partial charge in [-0.05, 0) is 43.7 Å². The van der Waals surface area contributed by atoms with E-state index in [-0.39, 0.29) is 17.9 Å². The molecule has 2 amide bonds. The van der Waals surface area contributed by atoms with E-state index in [1.54, 1.807) is 0 Å². The molecule has 6 heteroatoms. The van der Waals surface area contributed by atoms with Gasteiger partial charge in [0.05, 0.1) is 17.4 Å². The number of rotatable bonds is 8. The SMILES string of the molecule is O=C(CSc1ccccc1C(=O)NC[C@H]1CCCO1)NCC1CCCCC1. The summed E-state index contributed by atoms with van der Waals surface area (Å²) in [5.41, 5.74) is 0.626. The van der Waals surface area contributed by atoms with E-state index < -0.39 is 0 Å². The van der Waals surface area contributed by atoms with E-state index in [4.69, 9.17) is 4.74 Å². The van der Waals surface area contributed by atoms with Crippen molar-refractivity contribution >= 4 is 23.6 Å². The lowest BCUT2D eigenvalue weighted by Gasteiger charge is -2.21. The summed E-state index contributed by atoms with van der Waals surface area (Å²) < 4.78 is 5.55. The molecule has 2 fully saturated rings. The van der Waals surface area contributed by atoms with Crippen molar-refractivity contribution in [2.24, 2.45) is 5.92 Å². The van der Waals surface area contributed by atoms with E-state index in [1.165, 1.54) is 43.9 Å². The molecule has 1 saturated heterocycles. The first kappa shape index (κ1) is 20.2. The van der Waals surface area contributed by atoms with Crippen LogP contribution in [0.4, 0.5) is 0 Å². The van der Waals surface area contributed by atoms with Crippen LogP contribution in [0, 0.1) is 5.92 Å². The van der Waals surface area contributed by atoms with Gasteiger partial charge < -0.3 is 15.4 Å². The van der Waals surface area contributed by atoms with Crippen LogP contribution in [0.2, 0.25) is 0 Å². The van der Waals surface area contributed by atoms with Crippen molar-refractivity contribution < 1.29 is 14.3 Å². The zero-order valence-electron chi connectivity index (χ0n) is 15.9. The van der Waals surface area contributed by atoms with Crippen LogP contribution in [0.15, 0.2) is 29.2 Å². The van der Waals surface area contributed by atoms with Crippen molar-refractivity contribution in [2.75, 3.05) is 25.4 Å². The number of carbonyl (C=O) groups excluding carboxylic acids is 2. The third-order valence-electron chi connectivity index (χ3n) is 5.32. The Morgan fingerprint density at radius 2 is 1.81 bits per heavy atom. The Labute approximate surface area is 166 Å². The second-order valence-corrected chi connectivity index (χ2v) is 8.46. The highest BCUT2D eigenvalue weighted by molar-refractivity contribution is 8.00. The predicted molar refractivity (Wildman–Crippen MR) is 108 cm³/mol. The maximum atomic E-state index is 12.5. The van der Waals surface area contributed by atoms with Gasteiger partial charge in [-0.25, -0.2) is 0 Å². The van der Waals surface area contributed by atoms with E-state index >= 15 is 0 Å². The fourth-order valence-corrected chi connectivity index (χ4v) is 4.61. The molecule has 1 aliphatic carbocycles. The van der Waals surface area contributed by atoms with Gasteiger partial charge in [-0.2, -0.15) is 0 Å². The number of thioether (sulfide) groups is 1. The number of hydrogen-bond acceptors (Lipinski definition) is 4. The lowest BCUT2D eigenvalue weighted by atomic mass is 9.89. The number of ether oxygens (including phenoxy) is 1. The largest absolute Gasteiger partial charge is 0.376 e. The highest BCUT2D eigenvalue weighted by Gasteiger charge is 2.19. The van der Waals surface area contributed by atoms with Gasteiger partial charge in [0, 0.05) is 24.6 Å². The summed E-state index contributed by atoms with van der Waals surface area (Å²) in [4.78, 5) is 25.6. The molecule has 1 heterocycles. The molecule has 0 unspecified atom stereocenters. The van der Waals surface area contributed by atoms with Crippen LogP contribution in [0.5, 0.6) is 0 Å². The molecule has 3 rings (SSSR count). The second kappa shape index (κ2) is 10.7. The quantitative estimate of drug-likeness (QED) is 0.668. The van der Waals surface area contributed by atoms with E-state index in [0.717, 1.165) is 30.9 Å². The summed E-state index contributed by atoms with van der Waals surface area (Å²) in [6.45, 7) is 2.10. The summed E-state index contributed by atoms with van der Waals surface area (Å²) in [6.07, 6.45) is 8.52. The van der Waals surface area contributed by atoms with Gasteiger partial charge >= 0.3 is 0 Å². The summed E-state index contributed by atoms with van der Waals surface area (Å²) in [5.74, 6) is 0.905. The molecule has 0 bridgehead atoms. The number of hydrogen-bond donors (Lipinski definition) is 2. The van der Waals surface area contributed by atoms with Crippen LogP contribution in [0.1, 0.15) is 55.3 Å². The van der Waals surface area contributed by atoms with E-state index in [0.29, 0.717) is 23.8 Å². The molecule has 0 radical (unpaired) electrons. The van der Waals surface area contributed by atoms with Gasteiger partial charge in [0.15, 0.2) is 0 Å². The van der Waals surface area contributed by atoms with Crippen molar-refractivity contribution in [1.29, 1.82) is 0 Å². The molecular formula is C21H30N2O3S. The minimum atomic E-state index is -0.101. The average Bonchev–Trinajstić information content (AvgIpc) is 3.23. The van der Waals surface area contributed by atoms with Gasteiger partial charge in [-0.15, -0.1) is 11.8 Å². The third kappa shape index (κ3) is 6.54. The first-order valence-corrected chi connectivity index (χ1v) is 11.1. The van der Waals surface area contributed by atoms with E-state index in [1.807, 2.05) is 24.3 Å². The van der Waals surface area contributed by atoms with Crippen LogP contribution < -0.4 is 10.6 Å². The number of carbonyl (C=O) groups is 2. The van der Waals surface area contributed by atoms with E-state index in [2.05, 4.69) is 10.6 Å². The monoisotopic (exact) mass is 390 g/mol. The fraction of sp³-hybridized carbons (Fsp3) is 0.619. The van der Waals surface area contributed by atoms with Crippen molar-refractivity contribution in [3.63, 3.8) is 0 Å². The number of nitrogens with one attached hydrogen (secondary N) is 2. The van der Waals surface area contributed by atoms with Crippen LogP contribution >= 0.6 is 11.8 Å². The molecule has 1 atom stereocenters. The van der Waals surface area contributed by atoms with Gasteiger partial charge in [0.1, 0.15) is 0 Å². The minimum absolute atomic E-state index is 0.0418. The molecule has 2 aliphatic rings. The maximum absolute atomic E-state index is 12.5. The Balaban J connectivity index is 1.44. The van der Waals surface area contributed by atoms with Gasteiger partial charge in [-0.3, -0.25) is 9.59 Å². The Morgan fingerprint density at radius 3 is 2.59 bits per heavy atom. The Kier molecular flexibility index (Phi) is 8.02. The van der Waals surface area contributed by atoms with E-state index in [9.17, 15) is 9.59 Å². The highest BCUT2D eigenvalue weighted by atomic mass is 32.2. The zero-order chi connectivity index (χ0) is 18.9. The van der Waals surface area contributed by atoms with Gasteiger partial charge in [-0.1, -0.05) is 31.4 Å². The lowest BCUT2D eigenvalue weighted by Crippen LogP contribution is -2.32. The van der Waals surface area contributed by atoms with Crippen LogP contribution in [-0.4, -0.2) is 43.4 Å². The van der Waals surface area contributed by atoms with Crippen LogP contribution in [-0.2, 0) is 9.53 Å². The fourth-order valence-electron chi connectivity index (χ4n) is 3.73. The molecule has 1 saturated carbocycles. The Hall–Kier alpha value is -1.53. The molecule has 0 spiro atoms. The smallest absolute Gasteiger partial charge is 0.252 e.